The molecule has 0 aromatic heterocycles. The van der Waals surface area contributed by atoms with Crippen molar-refractivity contribution in [2.45, 2.75) is 13.3 Å². The summed E-state index contributed by atoms with van der Waals surface area (Å²) in [4.78, 5) is 31.1. The summed E-state index contributed by atoms with van der Waals surface area (Å²) in [5.41, 5.74) is 1.55. The molecule has 0 bridgehead atoms. The highest BCUT2D eigenvalue weighted by Gasteiger charge is 2.38. The molecule has 164 valence electrons. The maximum Gasteiger partial charge on any atom is 0.228 e. The van der Waals surface area contributed by atoms with Gasteiger partial charge in [0.25, 0.3) is 0 Å². The van der Waals surface area contributed by atoms with Gasteiger partial charge in [0.1, 0.15) is 11.6 Å². The largest absolute Gasteiger partial charge is 0.492 e. The first-order chi connectivity index (χ1) is 15.0. The molecule has 2 fully saturated rings. The van der Waals surface area contributed by atoms with Gasteiger partial charge < -0.3 is 19.4 Å². The van der Waals surface area contributed by atoms with Gasteiger partial charge in [-0.2, -0.15) is 0 Å². The van der Waals surface area contributed by atoms with E-state index >= 15 is 0 Å². The number of nitrogens with zero attached hydrogens (tertiary/aromatic N) is 3. The number of carbonyl (C=O) groups excluding carboxylic acids is 2. The van der Waals surface area contributed by atoms with E-state index in [1.165, 1.54) is 23.1 Å². The molecule has 2 heterocycles. The zero-order valence-electron chi connectivity index (χ0n) is 17.4. The molecule has 2 aliphatic heterocycles. The first-order valence-electron chi connectivity index (χ1n) is 10.5. The second-order valence-corrected chi connectivity index (χ2v) is 8.12. The van der Waals surface area contributed by atoms with Crippen LogP contribution >= 0.6 is 11.6 Å². The first kappa shape index (κ1) is 21.4. The van der Waals surface area contributed by atoms with E-state index in [1.54, 1.807) is 0 Å². The maximum atomic E-state index is 13.4. The molecule has 0 saturated carbocycles. The predicted octanol–water partition coefficient (Wildman–Crippen LogP) is 3.58. The van der Waals surface area contributed by atoms with Gasteiger partial charge in [0.2, 0.25) is 11.8 Å². The Labute approximate surface area is 186 Å². The Balaban J connectivity index is 1.38. The lowest BCUT2D eigenvalue weighted by molar-refractivity contribution is -0.136. The minimum absolute atomic E-state index is 0.0122. The number of carbonyl (C=O) groups is 2. The molecule has 8 heteroatoms. The van der Waals surface area contributed by atoms with Gasteiger partial charge in [-0.3, -0.25) is 9.59 Å². The molecule has 2 saturated heterocycles. The van der Waals surface area contributed by atoms with Crippen molar-refractivity contribution in [3.63, 3.8) is 0 Å². The lowest BCUT2D eigenvalue weighted by Gasteiger charge is -2.37. The van der Waals surface area contributed by atoms with Crippen molar-refractivity contribution in [2.75, 3.05) is 49.1 Å². The average molecular weight is 446 g/mol. The molecule has 31 heavy (non-hydrogen) atoms. The van der Waals surface area contributed by atoms with Crippen LogP contribution in [0.5, 0.6) is 5.75 Å². The van der Waals surface area contributed by atoms with Gasteiger partial charge in [-0.1, -0.05) is 23.7 Å². The van der Waals surface area contributed by atoms with Crippen LogP contribution in [-0.4, -0.2) is 56.0 Å². The average Bonchev–Trinajstić information content (AvgIpc) is 3.17. The molecule has 0 spiro atoms. The van der Waals surface area contributed by atoms with Crippen molar-refractivity contribution in [2.24, 2.45) is 5.92 Å². The Bertz CT molecular complexity index is 978. The van der Waals surface area contributed by atoms with Crippen LogP contribution in [0.25, 0.3) is 0 Å². The molecule has 0 radical (unpaired) electrons. The topological polar surface area (TPSA) is 53.1 Å². The molecule has 0 unspecified atom stereocenters. The Morgan fingerprint density at radius 2 is 1.90 bits per heavy atom. The van der Waals surface area contributed by atoms with Crippen molar-refractivity contribution < 1.29 is 18.7 Å². The number of hydrogen-bond acceptors (Lipinski definition) is 4. The van der Waals surface area contributed by atoms with Crippen LogP contribution in [0.3, 0.4) is 0 Å². The quantitative estimate of drug-likeness (QED) is 0.706. The summed E-state index contributed by atoms with van der Waals surface area (Å²) in [5.74, 6) is -0.251. The van der Waals surface area contributed by atoms with Crippen LogP contribution < -0.4 is 14.5 Å². The van der Waals surface area contributed by atoms with Crippen molar-refractivity contribution in [3.8, 4) is 5.75 Å². The van der Waals surface area contributed by atoms with E-state index in [2.05, 4.69) is 4.90 Å². The number of anilines is 2. The summed E-state index contributed by atoms with van der Waals surface area (Å²) in [6, 6.07) is 12.1. The number of amides is 2. The minimum Gasteiger partial charge on any atom is -0.492 e. The minimum atomic E-state index is -0.534. The number of rotatable bonds is 5. The standard InChI is InChI=1S/C23H25ClFN3O3/c1-2-31-21-6-4-3-5-20(21)26-9-11-27(12-10-26)23(30)16-13-22(29)28(15-16)17-7-8-19(25)18(24)14-17/h3-8,14,16H,2,9-13,15H2,1H3/t16-/m1/s1. The number of hydrogen-bond donors (Lipinski definition) is 0. The smallest absolute Gasteiger partial charge is 0.228 e. The van der Waals surface area contributed by atoms with Crippen molar-refractivity contribution in [1.29, 1.82) is 0 Å². The summed E-state index contributed by atoms with van der Waals surface area (Å²) < 4.78 is 19.2. The van der Waals surface area contributed by atoms with Crippen molar-refractivity contribution in [1.82, 2.24) is 4.90 Å². The number of piperazine rings is 1. The van der Waals surface area contributed by atoms with Crippen LogP contribution in [0.2, 0.25) is 5.02 Å². The summed E-state index contributed by atoms with van der Waals surface area (Å²) >= 11 is 5.85. The predicted molar refractivity (Wildman–Crippen MR) is 118 cm³/mol. The molecule has 6 nitrogen and oxygen atoms in total. The Kier molecular flexibility index (Phi) is 6.32. The molecule has 4 rings (SSSR count). The summed E-state index contributed by atoms with van der Waals surface area (Å²) in [5, 5.41) is -0.0384. The molecular weight excluding hydrogens is 421 g/mol. The fourth-order valence-corrected chi connectivity index (χ4v) is 4.37. The van der Waals surface area contributed by atoms with Gasteiger partial charge >= 0.3 is 0 Å². The van der Waals surface area contributed by atoms with Crippen molar-refractivity contribution >= 4 is 34.8 Å². The Morgan fingerprint density at radius 1 is 1.16 bits per heavy atom. The van der Waals surface area contributed by atoms with Crippen LogP contribution in [-0.2, 0) is 9.59 Å². The van der Waals surface area contributed by atoms with Gasteiger partial charge in [0, 0.05) is 44.8 Å². The van der Waals surface area contributed by atoms with Crippen LogP contribution in [0.4, 0.5) is 15.8 Å². The van der Waals surface area contributed by atoms with E-state index in [0.29, 0.717) is 38.5 Å². The van der Waals surface area contributed by atoms with Gasteiger partial charge in [-0.25, -0.2) is 4.39 Å². The SMILES string of the molecule is CCOc1ccccc1N1CCN(C(=O)[C@@H]2CC(=O)N(c3ccc(F)c(Cl)c3)C2)CC1. The van der Waals surface area contributed by atoms with Crippen LogP contribution in [0.1, 0.15) is 13.3 Å². The van der Waals surface area contributed by atoms with Crippen LogP contribution in [0, 0.1) is 11.7 Å². The molecule has 2 aromatic carbocycles. The number of halogens is 2. The lowest BCUT2D eigenvalue weighted by atomic mass is 10.1. The highest BCUT2D eigenvalue weighted by atomic mass is 35.5. The molecule has 2 amide bonds. The zero-order chi connectivity index (χ0) is 22.0. The summed E-state index contributed by atoms with van der Waals surface area (Å²) in [6.45, 7) is 5.42. The van der Waals surface area contributed by atoms with E-state index < -0.39 is 11.7 Å². The number of ether oxygens (including phenoxy) is 1. The third-order valence-corrected chi connectivity index (χ3v) is 6.08. The number of para-hydroxylation sites is 2. The molecule has 0 aliphatic carbocycles. The van der Waals surface area contributed by atoms with E-state index in [4.69, 9.17) is 16.3 Å². The van der Waals surface area contributed by atoms with Crippen molar-refractivity contribution in [3.05, 3.63) is 53.3 Å². The van der Waals surface area contributed by atoms with Gasteiger partial charge in [-0.05, 0) is 37.3 Å². The molecule has 1 atom stereocenters. The number of benzene rings is 2. The highest BCUT2D eigenvalue weighted by molar-refractivity contribution is 6.31. The Morgan fingerprint density at radius 3 is 2.61 bits per heavy atom. The molecule has 2 aliphatic rings. The third-order valence-electron chi connectivity index (χ3n) is 5.79. The zero-order valence-corrected chi connectivity index (χ0v) is 18.1. The molecular formula is C23H25ClFN3O3. The lowest BCUT2D eigenvalue weighted by Crippen LogP contribution is -2.50. The normalized spacial score (nSPS) is 19.1. The molecule has 0 N–H and O–H groups in total. The van der Waals surface area contributed by atoms with E-state index in [9.17, 15) is 14.0 Å². The maximum absolute atomic E-state index is 13.4. The second-order valence-electron chi connectivity index (χ2n) is 7.72. The summed E-state index contributed by atoms with van der Waals surface area (Å²) in [6.07, 6.45) is 0.154. The van der Waals surface area contributed by atoms with E-state index in [1.807, 2.05) is 36.1 Å². The monoisotopic (exact) mass is 445 g/mol. The third kappa shape index (κ3) is 4.46. The fraction of sp³-hybridized carbons (Fsp3) is 0.391. The van der Waals surface area contributed by atoms with Crippen LogP contribution in [0.15, 0.2) is 42.5 Å². The van der Waals surface area contributed by atoms with Gasteiger partial charge in [0.15, 0.2) is 0 Å². The fourth-order valence-electron chi connectivity index (χ4n) is 4.20. The van der Waals surface area contributed by atoms with E-state index in [0.717, 1.165) is 11.4 Å². The second kappa shape index (κ2) is 9.14. The summed E-state index contributed by atoms with van der Waals surface area (Å²) in [7, 11) is 0. The highest BCUT2D eigenvalue weighted by Crippen LogP contribution is 2.31. The molecule has 2 aromatic rings. The van der Waals surface area contributed by atoms with Gasteiger partial charge in [0.05, 0.1) is 23.2 Å². The Hall–Kier alpha value is -2.80. The van der Waals surface area contributed by atoms with E-state index in [-0.39, 0.29) is 29.8 Å². The first-order valence-corrected chi connectivity index (χ1v) is 10.9. The van der Waals surface area contributed by atoms with Gasteiger partial charge in [-0.15, -0.1) is 0 Å².